The molecule has 0 aliphatic rings. The van der Waals surface area contributed by atoms with Gasteiger partial charge >= 0.3 is 5.69 Å². The van der Waals surface area contributed by atoms with E-state index in [0.717, 1.165) is 0 Å². The Labute approximate surface area is 130 Å². The van der Waals surface area contributed by atoms with Gasteiger partial charge in [0.25, 0.3) is 5.56 Å². The van der Waals surface area contributed by atoms with Gasteiger partial charge < -0.3 is 14.8 Å². The summed E-state index contributed by atoms with van der Waals surface area (Å²) in [5.74, 6) is 0.476. The molecule has 0 atom stereocenters. The first-order chi connectivity index (χ1) is 11.1. The van der Waals surface area contributed by atoms with Crippen LogP contribution in [0.2, 0.25) is 0 Å². The Balaban J connectivity index is 2.12. The van der Waals surface area contributed by atoms with Crippen molar-refractivity contribution in [3.8, 4) is 11.5 Å². The summed E-state index contributed by atoms with van der Waals surface area (Å²) in [5.41, 5.74) is -0.433. The third-order valence-corrected chi connectivity index (χ3v) is 3.33. The average Bonchev–Trinajstić information content (AvgIpc) is 2.56. The molecule has 0 amide bonds. The average molecular weight is 311 g/mol. The lowest BCUT2D eigenvalue weighted by molar-refractivity contribution is 0.412. The maximum Gasteiger partial charge on any atom is 0.349 e. The predicted octanol–water partition coefficient (Wildman–Crippen LogP) is 1.29. The molecule has 0 aliphatic heterocycles. The molecule has 116 valence electrons. The first-order valence-electron chi connectivity index (χ1n) is 6.75. The molecule has 0 fully saturated rings. The topological polar surface area (TPSA) is 96.7 Å². The van der Waals surface area contributed by atoms with Gasteiger partial charge in [0.15, 0.2) is 0 Å². The molecule has 0 saturated heterocycles. The van der Waals surface area contributed by atoms with E-state index in [-0.39, 0.29) is 5.75 Å². The first kappa shape index (κ1) is 14.6. The fraction of sp³-hybridized carbons (Fsp3) is 0.0625. The van der Waals surface area contributed by atoms with E-state index in [4.69, 9.17) is 4.74 Å². The van der Waals surface area contributed by atoms with Crippen molar-refractivity contribution in [1.29, 1.82) is 0 Å². The third kappa shape index (κ3) is 2.71. The van der Waals surface area contributed by atoms with Crippen molar-refractivity contribution in [3.63, 3.8) is 0 Å². The first-order valence-corrected chi connectivity index (χ1v) is 6.75. The van der Waals surface area contributed by atoms with Crippen LogP contribution in [-0.2, 0) is 0 Å². The number of para-hydroxylation sites is 1. The summed E-state index contributed by atoms with van der Waals surface area (Å²) in [7, 11) is 1.49. The zero-order valence-corrected chi connectivity index (χ0v) is 12.2. The van der Waals surface area contributed by atoms with Gasteiger partial charge in [-0.05, 0) is 30.3 Å². The van der Waals surface area contributed by atoms with Crippen LogP contribution in [-0.4, -0.2) is 28.1 Å². The molecule has 2 N–H and O–H groups in total. The Kier molecular flexibility index (Phi) is 3.68. The molecule has 1 heterocycles. The van der Waals surface area contributed by atoms with Crippen molar-refractivity contribution in [1.82, 2.24) is 9.66 Å². The molecule has 0 bridgehead atoms. The van der Waals surface area contributed by atoms with Crippen LogP contribution in [0.4, 0.5) is 0 Å². The highest BCUT2D eigenvalue weighted by Crippen LogP contribution is 2.21. The molecule has 0 spiro atoms. The molecule has 7 nitrogen and oxygen atoms in total. The fourth-order valence-corrected chi connectivity index (χ4v) is 2.14. The van der Waals surface area contributed by atoms with Crippen LogP contribution in [0.1, 0.15) is 5.56 Å². The maximum atomic E-state index is 12.3. The maximum absolute atomic E-state index is 12.3. The Morgan fingerprint density at radius 3 is 2.78 bits per heavy atom. The van der Waals surface area contributed by atoms with E-state index in [2.05, 4.69) is 10.1 Å². The number of nitrogens with zero attached hydrogens (tertiary/aromatic N) is 2. The monoisotopic (exact) mass is 311 g/mol. The summed E-state index contributed by atoms with van der Waals surface area (Å²) in [6.45, 7) is 0. The number of hydrogen-bond donors (Lipinski definition) is 2. The lowest BCUT2D eigenvalue weighted by Crippen LogP contribution is -2.32. The number of rotatable bonds is 3. The highest BCUT2D eigenvalue weighted by molar-refractivity contribution is 5.84. The summed E-state index contributed by atoms with van der Waals surface area (Å²) >= 11 is 0. The van der Waals surface area contributed by atoms with Gasteiger partial charge in [-0.15, -0.1) is 4.68 Å². The molecule has 3 rings (SSSR count). The quantitative estimate of drug-likeness (QED) is 0.712. The van der Waals surface area contributed by atoms with Crippen molar-refractivity contribution in [2.24, 2.45) is 5.10 Å². The van der Waals surface area contributed by atoms with Crippen molar-refractivity contribution < 1.29 is 9.84 Å². The number of benzene rings is 2. The second kappa shape index (κ2) is 5.80. The van der Waals surface area contributed by atoms with Gasteiger partial charge in [-0.25, -0.2) is 4.79 Å². The summed E-state index contributed by atoms with van der Waals surface area (Å²) in [4.78, 5) is 26.9. The number of aromatic hydroxyl groups is 1. The van der Waals surface area contributed by atoms with Crippen LogP contribution in [0.15, 0.2) is 57.2 Å². The molecule has 0 unspecified atom stereocenters. The molecule has 0 aliphatic carbocycles. The number of aromatic nitrogens is 2. The second-order valence-electron chi connectivity index (χ2n) is 4.76. The largest absolute Gasteiger partial charge is 0.507 e. The predicted molar refractivity (Wildman–Crippen MR) is 86.5 cm³/mol. The van der Waals surface area contributed by atoms with Gasteiger partial charge in [-0.3, -0.25) is 4.79 Å². The minimum Gasteiger partial charge on any atom is -0.507 e. The number of phenolic OH excluding ortho intramolecular Hbond substituents is 1. The van der Waals surface area contributed by atoms with Crippen LogP contribution in [0.5, 0.6) is 11.5 Å². The number of aromatic amines is 1. The van der Waals surface area contributed by atoms with Crippen molar-refractivity contribution >= 4 is 17.1 Å². The summed E-state index contributed by atoms with van der Waals surface area (Å²) in [5, 5.41) is 14.0. The van der Waals surface area contributed by atoms with E-state index < -0.39 is 11.2 Å². The molecule has 3 aromatic rings. The minimum absolute atomic E-state index is 0.0418. The van der Waals surface area contributed by atoms with Crippen molar-refractivity contribution in [3.05, 3.63) is 68.9 Å². The minimum atomic E-state index is -0.660. The van der Waals surface area contributed by atoms with Gasteiger partial charge in [0.05, 0.1) is 24.2 Å². The fourth-order valence-electron chi connectivity index (χ4n) is 2.14. The highest BCUT2D eigenvalue weighted by atomic mass is 16.5. The van der Waals surface area contributed by atoms with Gasteiger partial charge in [0, 0.05) is 5.56 Å². The standard InChI is InChI=1S/C16H13N3O4/c1-23-11-6-7-14(20)10(8-11)9-17-19-15(21)12-4-2-3-5-13(12)18-16(19)22/h2-9,20H,1H3,(H,18,22)/b17-9+. The van der Waals surface area contributed by atoms with Gasteiger partial charge in [-0.2, -0.15) is 5.10 Å². The molecular weight excluding hydrogens is 298 g/mol. The zero-order valence-electron chi connectivity index (χ0n) is 12.2. The van der Waals surface area contributed by atoms with E-state index in [0.29, 0.717) is 26.9 Å². The number of hydrogen-bond acceptors (Lipinski definition) is 5. The van der Waals surface area contributed by atoms with Gasteiger partial charge in [0.2, 0.25) is 0 Å². The Bertz CT molecular complexity index is 1020. The molecule has 0 radical (unpaired) electrons. The van der Waals surface area contributed by atoms with Crippen LogP contribution < -0.4 is 16.0 Å². The number of nitrogens with one attached hydrogen (secondary N) is 1. The molecule has 1 aromatic heterocycles. The summed E-state index contributed by atoms with van der Waals surface area (Å²) < 4.78 is 5.77. The highest BCUT2D eigenvalue weighted by Gasteiger charge is 2.06. The van der Waals surface area contributed by atoms with Gasteiger partial charge in [0.1, 0.15) is 11.5 Å². The van der Waals surface area contributed by atoms with E-state index in [1.54, 1.807) is 36.4 Å². The second-order valence-corrected chi connectivity index (χ2v) is 4.76. The summed E-state index contributed by atoms with van der Waals surface area (Å²) in [6.07, 6.45) is 1.23. The van der Waals surface area contributed by atoms with Crippen LogP contribution >= 0.6 is 0 Å². The Morgan fingerprint density at radius 2 is 2.00 bits per heavy atom. The lowest BCUT2D eigenvalue weighted by Gasteiger charge is -2.03. The van der Waals surface area contributed by atoms with Crippen LogP contribution in [0.25, 0.3) is 10.9 Å². The Morgan fingerprint density at radius 1 is 1.22 bits per heavy atom. The van der Waals surface area contributed by atoms with E-state index in [1.807, 2.05) is 0 Å². The number of ether oxygens (including phenoxy) is 1. The van der Waals surface area contributed by atoms with E-state index >= 15 is 0 Å². The summed E-state index contributed by atoms with van der Waals surface area (Å²) in [6, 6.07) is 11.2. The number of methoxy groups -OCH3 is 1. The molecule has 0 saturated carbocycles. The normalized spacial score (nSPS) is 11.2. The Hall–Kier alpha value is -3.35. The number of H-pyrrole nitrogens is 1. The molecule has 23 heavy (non-hydrogen) atoms. The van der Waals surface area contributed by atoms with Crippen molar-refractivity contribution in [2.45, 2.75) is 0 Å². The van der Waals surface area contributed by atoms with E-state index in [9.17, 15) is 14.7 Å². The molecular formula is C16H13N3O4. The smallest absolute Gasteiger partial charge is 0.349 e. The van der Waals surface area contributed by atoms with E-state index in [1.165, 1.54) is 19.4 Å². The lowest BCUT2D eigenvalue weighted by atomic mass is 10.2. The molecule has 7 heteroatoms. The van der Waals surface area contributed by atoms with Crippen molar-refractivity contribution in [2.75, 3.05) is 7.11 Å². The number of phenols is 1. The number of fused-ring (bicyclic) bond motifs is 1. The third-order valence-electron chi connectivity index (χ3n) is 3.33. The SMILES string of the molecule is COc1ccc(O)c(/C=N/n2c(=O)[nH]c3ccccc3c2=O)c1. The van der Waals surface area contributed by atoms with Crippen LogP contribution in [0.3, 0.4) is 0 Å². The zero-order chi connectivity index (χ0) is 16.4. The molecule has 2 aromatic carbocycles. The van der Waals surface area contributed by atoms with Crippen LogP contribution in [0, 0.1) is 0 Å². The van der Waals surface area contributed by atoms with Gasteiger partial charge in [-0.1, -0.05) is 12.1 Å².